The third-order valence-corrected chi connectivity index (χ3v) is 5.23. The van der Waals surface area contributed by atoms with Crippen LogP contribution in [0.2, 0.25) is 5.02 Å². The van der Waals surface area contributed by atoms with Gasteiger partial charge in [0.15, 0.2) is 0 Å². The van der Waals surface area contributed by atoms with Gasteiger partial charge in [-0.15, -0.1) is 0 Å². The zero-order chi connectivity index (χ0) is 19.4. The van der Waals surface area contributed by atoms with Crippen molar-refractivity contribution in [1.29, 1.82) is 0 Å². The van der Waals surface area contributed by atoms with E-state index >= 15 is 0 Å². The third-order valence-electron chi connectivity index (χ3n) is 4.92. The largest absolute Gasteiger partial charge is 0.360 e. The maximum Gasteiger partial charge on any atom is 0.257 e. The molecule has 1 saturated heterocycles. The summed E-state index contributed by atoms with van der Waals surface area (Å²) in [5, 5.41) is 7.00. The lowest BCUT2D eigenvalue weighted by atomic mass is 10.0. The van der Waals surface area contributed by atoms with Crippen LogP contribution in [0.25, 0.3) is 11.3 Å². The van der Waals surface area contributed by atoms with Gasteiger partial charge in [-0.2, -0.15) is 0 Å². The standard InChI is InChI=1S/C20H25ClFN3O2/c1-13(12-25-9-4-3-5-10-25)11-23-20(26)17-14(2)27-24-19(17)18-15(21)7-6-8-16(18)22/h6-8,13H,3-5,9-12H2,1-2H3,(H,23,26). The molecule has 2 heterocycles. The number of likely N-dealkylation sites (tertiary alicyclic amines) is 1. The minimum Gasteiger partial charge on any atom is -0.360 e. The minimum absolute atomic E-state index is 0.0857. The highest BCUT2D eigenvalue weighted by atomic mass is 35.5. The van der Waals surface area contributed by atoms with Crippen molar-refractivity contribution in [2.45, 2.75) is 33.1 Å². The lowest BCUT2D eigenvalue weighted by Gasteiger charge is -2.29. The number of rotatable bonds is 6. The molecule has 2 aromatic rings. The molecule has 0 saturated carbocycles. The first kappa shape index (κ1) is 19.8. The second-order valence-corrected chi connectivity index (χ2v) is 7.64. The van der Waals surface area contributed by atoms with E-state index in [0.717, 1.165) is 19.6 Å². The molecule has 1 aliphatic heterocycles. The molecule has 1 aromatic carbocycles. The van der Waals surface area contributed by atoms with Gasteiger partial charge in [0.25, 0.3) is 5.91 Å². The maximum atomic E-state index is 14.3. The Morgan fingerprint density at radius 2 is 2.11 bits per heavy atom. The van der Waals surface area contributed by atoms with Crippen LogP contribution in [-0.4, -0.2) is 42.1 Å². The van der Waals surface area contributed by atoms with Gasteiger partial charge in [0.2, 0.25) is 0 Å². The first-order valence-corrected chi connectivity index (χ1v) is 9.76. The molecule has 1 N–H and O–H groups in total. The summed E-state index contributed by atoms with van der Waals surface area (Å²) in [6, 6.07) is 4.36. The van der Waals surface area contributed by atoms with Crippen molar-refractivity contribution in [1.82, 2.24) is 15.4 Å². The molecule has 1 fully saturated rings. The Kier molecular flexibility index (Phi) is 6.50. The number of nitrogens with one attached hydrogen (secondary N) is 1. The molecule has 0 radical (unpaired) electrons. The van der Waals surface area contributed by atoms with Crippen LogP contribution >= 0.6 is 11.6 Å². The van der Waals surface area contributed by atoms with E-state index in [0.29, 0.717) is 18.2 Å². The number of aromatic nitrogens is 1. The van der Waals surface area contributed by atoms with Crippen molar-refractivity contribution in [3.63, 3.8) is 0 Å². The SMILES string of the molecule is Cc1onc(-c2c(F)cccc2Cl)c1C(=O)NCC(C)CN1CCCCC1. The number of nitrogens with zero attached hydrogens (tertiary/aromatic N) is 2. The van der Waals surface area contributed by atoms with Crippen LogP contribution in [-0.2, 0) is 0 Å². The summed E-state index contributed by atoms with van der Waals surface area (Å²) in [5.74, 6) is -0.213. The smallest absolute Gasteiger partial charge is 0.257 e. The summed E-state index contributed by atoms with van der Waals surface area (Å²) in [5.41, 5.74) is 0.450. The van der Waals surface area contributed by atoms with Crippen LogP contribution in [0.1, 0.15) is 42.3 Å². The fourth-order valence-electron chi connectivity index (χ4n) is 3.54. The van der Waals surface area contributed by atoms with E-state index in [9.17, 15) is 9.18 Å². The van der Waals surface area contributed by atoms with Crippen molar-refractivity contribution in [2.24, 2.45) is 5.92 Å². The molecule has 1 amide bonds. The molecule has 0 bridgehead atoms. The van der Waals surface area contributed by atoms with Gasteiger partial charge < -0.3 is 14.7 Å². The fraction of sp³-hybridized carbons (Fsp3) is 0.500. The Morgan fingerprint density at radius 3 is 2.81 bits per heavy atom. The Bertz CT molecular complexity index is 782. The summed E-state index contributed by atoms with van der Waals surface area (Å²) in [7, 11) is 0. The molecule has 146 valence electrons. The highest BCUT2D eigenvalue weighted by Gasteiger charge is 2.25. The van der Waals surface area contributed by atoms with Gasteiger partial charge in [-0.1, -0.05) is 36.2 Å². The van der Waals surface area contributed by atoms with Crippen LogP contribution in [0.4, 0.5) is 4.39 Å². The number of amides is 1. The van der Waals surface area contributed by atoms with E-state index in [1.165, 1.54) is 31.4 Å². The molecule has 0 spiro atoms. The number of halogens is 2. The zero-order valence-corrected chi connectivity index (χ0v) is 16.5. The quantitative estimate of drug-likeness (QED) is 0.795. The number of benzene rings is 1. The number of hydrogen-bond donors (Lipinski definition) is 1. The minimum atomic E-state index is -0.539. The Labute approximate surface area is 163 Å². The number of aryl methyl sites for hydroxylation is 1. The lowest BCUT2D eigenvalue weighted by Crippen LogP contribution is -2.38. The monoisotopic (exact) mass is 393 g/mol. The van der Waals surface area contributed by atoms with Crippen LogP contribution < -0.4 is 5.32 Å². The zero-order valence-electron chi connectivity index (χ0n) is 15.7. The van der Waals surface area contributed by atoms with E-state index < -0.39 is 5.82 Å². The van der Waals surface area contributed by atoms with Crippen molar-refractivity contribution >= 4 is 17.5 Å². The molecule has 0 aliphatic carbocycles. The molecule has 5 nitrogen and oxygen atoms in total. The molecular formula is C20H25ClFN3O2. The lowest BCUT2D eigenvalue weighted by molar-refractivity contribution is 0.0941. The van der Waals surface area contributed by atoms with Crippen molar-refractivity contribution in [3.8, 4) is 11.3 Å². The molecule has 1 atom stereocenters. The van der Waals surface area contributed by atoms with E-state index in [2.05, 4.69) is 22.3 Å². The molecule has 3 rings (SSSR count). The van der Waals surface area contributed by atoms with Crippen LogP contribution in [0.3, 0.4) is 0 Å². The Hall–Kier alpha value is -1.92. The number of carbonyl (C=O) groups excluding carboxylic acids is 1. The predicted molar refractivity (Wildman–Crippen MR) is 103 cm³/mol. The number of piperidine rings is 1. The van der Waals surface area contributed by atoms with Crippen LogP contribution in [0.15, 0.2) is 22.7 Å². The van der Waals surface area contributed by atoms with Gasteiger partial charge in [-0.25, -0.2) is 4.39 Å². The third kappa shape index (κ3) is 4.68. The fourth-order valence-corrected chi connectivity index (χ4v) is 3.79. The van der Waals surface area contributed by atoms with Gasteiger partial charge >= 0.3 is 0 Å². The van der Waals surface area contributed by atoms with E-state index in [4.69, 9.17) is 16.1 Å². The van der Waals surface area contributed by atoms with E-state index in [1.54, 1.807) is 13.0 Å². The van der Waals surface area contributed by atoms with Gasteiger partial charge in [0, 0.05) is 13.1 Å². The molecule has 7 heteroatoms. The molecular weight excluding hydrogens is 369 g/mol. The van der Waals surface area contributed by atoms with E-state index in [-0.39, 0.29) is 27.8 Å². The normalized spacial score (nSPS) is 16.3. The Morgan fingerprint density at radius 1 is 1.37 bits per heavy atom. The highest BCUT2D eigenvalue weighted by molar-refractivity contribution is 6.33. The molecule has 1 aliphatic rings. The van der Waals surface area contributed by atoms with Crippen LogP contribution in [0.5, 0.6) is 0 Å². The maximum absolute atomic E-state index is 14.3. The second kappa shape index (κ2) is 8.85. The van der Waals surface area contributed by atoms with Crippen molar-refractivity contribution in [3.05, 3.63) is 40.4 Å². The summed E-state index contributed by atoms with van der Waals surface area (Å²) < 4.78 is 19.4. The van der Waals surface area contributed by atoms with Crippen molar-refractivity contribution in [2.75, 3.05) is 26.2 Å². The first-order valence-electron chi connectivity index (χ1n) is 9.38. The summed E-state index contributed by atoms with van der Waals surface area (Å²) in [4.78, 5) is 15.2. The first-order chi connectivity index (χ1) is 13.0. The highest BCUT2D eigenvalue weighted by Crippen LogP contribution is 2.33. The summed E-state index contributed by atoms with van der Waals surface area (Å²) >= 11 is 6.13. The molecule has 1 unspecified atom stereocenters. The number of hydrogen-bond acceptors (Lipinski definition) is 4. The average Bonchev–Trinajstić information content (AvgIpc) is 3.02. The number of carbonyl (C=O) groups is 1. The summed E-state index contributed by atoms with van der Waals surface area (Å²) in [6.07, 6.45) is 3.78. The predicted octanol–water partition coefficient (Wildman–Crippen LogP) is 4.29. The van der Waals surface area contributed by atoms with Gasteiger partial charge in [-0.3, -0.25) is 4.79 Å². The topological polar surface area (TPSA) is 58.4 Å². The second-order valence-electron chi connectivity index (χ2n) is 7.24. The van der Waals surface area contributed by atoms with Gasteiger partial charge in [0.05, 0.1) is 10.6 Å². The van der Waals surface area contributed by atoms with Gasteiger partial charge in [-0.05, 0) is 50.9 Å². The van der Waals surface area contributed by atoms with Crippen molar-refractivity contribution < 1.29 is 13.7 Å². The van der Waals surface area contributed by atoms with Gasteiger partial charge in [0.1, 0.15) is 22.8 Å². The average molecular weight is 394 g/mol. The summed E-state index contributed by atoms with van der Waals surface area (Å²) in [6.45, 7) is 7.48. The van der Waals surface area contributed by atoms with E-state index in [1.807, 2.05) is 0 Å². The van der Waals surface area contributed by atoms with Crippen LogP contribution in [0, 0.1) is 18.7 Å². The Balaban J connectivity index is 1.69. The molecule has 27 heavy (non-hydrogen) atoms. The molecule has 1 aromatic heterocycles.